The third-order valence-electron chi connectivity index (χ3n) is 5.75. The molecule has 1 heterocycles. The van der Waals surface area contributed by atoms with Crippen LogP contribution in [0, 0.1) is 10.1 Å². The van der Waals surface area contributed by atoms with E-state index in [1.807, 2.05) is 29.2 Å². The molecular weight excluding hydrogens is 382 g/mol. The van der Waals surface area contributed by atoms with Gasteiger partial charge in [0.2, 0.25) is 5.91 Å². The van der Waals surface area contributed by atoms with E-state index in [1.165, 1.54) is 12.1 Å². The number of amides is 1. The van der Waals surface area contributed by atoms with Crippen LogP contribution in [0.4, 0.5) is 5.69 Å². The minimum absolute atomic E-state index is 0.0847. The van der Waals surface area contributed by atoms with Crippen molar-refractivity contribution in [2.24, 2.45) is 0 Å². The summed E-state index contributed by atoms with van der Waals surface area (Å²) >= 11 is 0. The minimum Gasteiger partial charge on any atom is -0.497 e. The van der Waals surface area contributed by atoms with Crippen molar-refractivity contribution in [3.8, 4) is 5.75 Å². The van der Waals surface area contributed by atoms with Crippen LogP contribution in [0.5, 0.6) is 5.75 Å². The fourth-order valence-corrected chi connectivity index (χ4v) is 3.87. The third kappa shape index (κ3) is 5.79. The van der Waals surface area contributed by atoms with Gasteiger partial charge >= 0.3 is 0 Å². The summed E-state index contributed by atoms with van der Waals surface area (Å²) in [5, 5.41) is 10.9. The molecule has 0 aliphatic carbocycles. The Balaban J connectivity index is 1.68. The van der Waals surface area contributed by atoms with E-state index in [0.717, 1.165) is 42.8 Å². The van der Waals surface area contributed by atoms with Gasteiger partial charge in [0, 0.05) is 24.7 Å². The lowest BCUT2D eigenvalue weighted by Gasteiger charge is -2.37. The van der Waals surface area contributed by atoms with E-state index < -0.39 is 4.92 Å². The van der Waals surface area contributed by atoms with Crippen LogP contribution < -0.4 is 4.74 Å². The van der Waals surface area contributed by atoms with Crippen molar-refractivity contribution in [2.75, 3.05) is 33.8 Å². The highest BCUT2D eigenvalue weighted by Crippen LogP contribution is 2.20. The number of nitro groups is 1. The zero-order valence-electron chi connectivity index (χ0n) is 17.6. The van der Waals surface area contributed by atoms with Crippen molar-refractivity contribution >= 4 is 11.6 Å². The Hall–Kier alpha value is -2.93. The molecule has 0 spiro atoms. The molecule has 0 radical (unpaired) electrons. The molecule has 0 aromatic heterocycles. The highest BCUT2D eigenvalue weighted by Gasteiger charge is 2.26. The van der Waals surface area contributed by atoms with Crippen LogP contribution in [0.25, 0.3) is 0 Å². The molecule has 2 aromatic rings. The number of hydrogen-bond acceptors (Lipinski definition) is 5. The molecule has 0 bridgehead atoms. The summed E-state index contributed by atoms with van der Waals surface area (Å²) in [4.78, 5) is 28.0. The minimum atomic E-state index is -0.396. The van der Waals surface area contributed by atoms with Crippen LogP contribution in [0.3, 0.4) is 0 Å². The third-order valence-corrected chi connectivity index (χ3v) is 5.75. The number of nitrogens with zero attached hydrogens (tertiary/aromatic N) is 3. The van der Waals surface area contributed by atoms with Gasteiger partial charge in [0.1, 0.15) is 5.75 Å². The molecule has 0 N–H and O–H groups in total. The second-order valence-corrected chi connectivity index (χ2v) is 7.82. The number of nitro benzene ring substituents is 1. The van der Waals surface area contributed by atoms with Gasteiger partial charge in [-0.25, -0.2) is 0 Å². The standard InChI is InChI=1S/C23H29N3O4/c1-24-14-12-20(13-15-24)25(16-11-18-3-7-21(8-4-18)26(28)29)23(27)17-19-5-9-22(30-2)10-6-19/h3-10,20H,11-17H2,1-2H3. The summed E-state index contributed by atoms with van der Waals surface area (Å²) in [6.07, 6.45) is 2.96. The lowest BCUT2D eigenvalue weighted by Crippen LogP contribution is -2.47. The first-order valence-electron chi connectivity index (χ1n) is 10.3. The van der Waals surface area contributed by atoms with Gasteiger partial charge in [-0.2, -0.15) is 0 Å². The molecule has 0 atom stereocenters. The summed E-state index contributed by atoms with van der Waals surface area (Å²) in [5.41, 5.74) is 2.05. The normalized spacial score (nSPS) is 15.0. The largest absolute Gasteiger partial charge is 0.497 e. The molecule has 0 unspecified atom stereocenters. The predicted molar refractivity (Wildman–Crippen MR) is 116 cm³/mol. The molecule has 7 heteroatoms. The van der Waals surface area contributed by atoms with Gasteiger partial charge in [-0.3, -0.25) is 14.9 Å². The number of methoxy groups -OCH3 is 1. The molecule has 7 nitrogen and oxygen atoms in total. The van der Waals surface area contributed by atoms with Crippen molar-refractivity contribution in [2.45, 2.75) is 31.7 Å². The molecule has 1 amide bonds. The van der Waals surface area contributed by atoms with Gasteiger partial charge in [-0.05, 0) is 62.7 Å². The number of carbonyl (C=O) groups excluding carboxylic acids is 1. The van der Waals surface area contributed by atoms with Gasteiger partial charge in [-0.1, -0.05) is 24.3 Å². The first-order valence-corrected chi connectivity index (χ1v) is 10.3. The van der Waals surface area contributed by atoms with Crippen molar-refractivity contribution in [1.82, 2.24) is 9.80 Å². The van der Waals surface area contributed by atoms with Gasteiger partial charge in [0.25, 0.3) is 5.69 Å². The topological polar surface area (TPSA) is 75.9 Å². The Morgan fingerprint density at radius 2 is 1.70 bits per heavy atom. The maximum absolute atomic E-state index is 13.2. The van der Waals surface area contributed by atoms with Gasteiger partial charge in [-0.15, -0.1) is 0 Å². The number of non-ortho nitro benzene ring substituents is 1. The summed E-state index contributed by atoms with van der Waals surface area (Å²) in [6, 6.07) is 14.4. The maximum atomic E-state index is 13.2. The van der Waals surface area contributed by atoms with Crippen LogP contribution in [0.1, 0.15) is 24.0 Å². The number of ether oxygens (including phenoxy) is 1. The second kappa shape index (κ2) is 10.2. The average molecular weight is 412 g/mol. The molecule has 1 fully saturated rings. The van der Waals surface area contributed by atoms with Crippen molar-refractivity contribution < 1.29 is 14.5 Å². The van der Waals surface area contributed by atoms with E-state index in [0.29, 0.717) is 19.4 Å². The number of hydrogen-bond donors (Lipinski definition) is 0. The number of piperidine rings is 1. The van der Waals surface area contributed by atoms with Crippen LogP contribution in [0.2, 0.25) is 0 Å². The first-order chi connectivity index (χ1) is 14.5. The lowest BCUT2D eigenvalue weighted by molar-refractivity contribution is -0.384. The van der Waals surface area contributed by atoms with Crippen molar-refractivity contribution in [3.05, 3.63) is 69.8 Å². The van der Waals surface area contributed by atoms with E-state index in [9.17, 15) is 14.9 Å². The Labute approximate surface area is 177 Å². The molecule has 0 saturated carbocycles. The highest BCUT2D eigenvalue weighted by atomic mass is 16.6. The fraction of sp³-hybridized carbons (Fsp3) is 0.435. The molecule has 3 rings (SSSR count). The smallest absolute Gasteiger partial charge is 0.269 e. The summed E-state index contributed by atoms with van der Waals surface area (Å²) < 4.78 is 5.20. The molecule has 30 heavy (non-hydrogen) atoms. The summed E-state index contributed by atoms with van der Waals surface area (Å²) in [7, 11) is 3.73. The summed E-state index contributed by atoms with van der Waals surface area (Å²) in [6.45, 7) is 2.57. The van der Waals surface area contributed by atoms with E-state index >= 15 is 0 Å². The zero-order valence-corrected chi connectivity index (χ0v) is 17.6. The van der Waals surface area contributed by atoms with Crippen LogP contribution >= 0.6 is 0 Å². The fourth-order valence-electron chi connectivity index (χ4n) is 3.87. The molecule has 1 saturated heterocycles. The molecule has 2 aromatic carbocycles. The number of carbonyl (C=O) groups is 1. The van der Waals surface area contributed by atoms with Crippen molar-refractivity contribution in [3.63, 3.8) is 0 Å². The van der Waals surface area contributed by atoms with E-state index in [2.05, 4.69) is 11.9 Å². The molecular formula is C23H29N3O4. The predicted octanol–water partition coefficient (Wildman–Crippen LogP) is 3.31. The Bertz CT molecular complexity index is 844. The second-order valence-electron chi connectivity index (χ2n) is 7.82. The monoisotopic (exact) mass is 411 g/mol. The van der Waals surface area contributed by atoms with E-state index in [-0.39, 0.29) is 17.6 Å². The number of benzene rings is 2. The Morgan fingerprint density at radius 1 is 1.10 bits per heavy atom. The van der Waals surface area contributed by atoms with E-state index in [1.54, 1.807) is 19.2 Å². The zero-order chi connectivity index (χ0) is 21.5. The molecule has 1 aliphatic rings. The van der Waals surface area contributed by atoms with Crippen LogP contribution in [0.15, 0.2) is 48.5 Å². The SMILES string of the molecule is COc1ccc(CC(=O)N(CCc2ccc([N+](=O)[O-])cc2)C2CCN(C)CC2)cc1. The first kappa shape index (κ1) is 21.8. The number of rotatable bonds is 8. The maximum Gasteiger partial charge on any atom is 0.269 e. The Kier molecular flexibility index (Phi) is 7.41. The highest BCUT2D eigenvalue weighted by molar-refractivity contribution is 5.79. The van der Waals surface area contributed by atoms with Crippen LogP contribution in [-0.2, 0) is 17.6 Å². The van der Waals surface area contributed by atoms with Gasteiger partial charge < -0.3 is 14.5 Å². The van der Waals surface area contributed by atoms with Gasteiger partial charge in [0.15, 0.2) is 0 Å². The van der Waals surface area contributed by atoms with Crippen molar-refractivity contribution in [1.29, 1.82) is 0 Å². The molecule has 1 aliphatic heterocycles. The Morgan fingerprint density at radius 3 is 2.27 bits per heavy atom. The van der Waals surface area contributed by atoms with E-state index in [4.69, 9.17) is 4.74 Å². The molecule has 160 valence electrons. The summed E-state index contributed by atoms with van der Waals surface area (Å²) in [5.74, 6) is 0.896. The number of likely N-dealkylation sites (tertiary alicyclic amines) is 1. The quantitative estimate of drug-likeness (QED) is 0.492. The van der Waals surface area contributed by atoms with Crippen LogP contribution in [-0.4, -0.2) is 60.5 Å². The lowest BCUT2D eigenvalue weighted by atomic mass is 10.0. The van der Waals surface area contributed by atoms with Gasteiger partial charge in [0.05, 0.1) is 18.5 Å². The average Bonchev–Trinajstić information content (AvgIpc) is 2.76.